The van der Waals surface area contributed by atoms with E-state index in [1.807, 2.05) is 30.3 Å². The summed E-state index contributed by atoms with van der Waals surface area (Å²) in [5, 5.41) is 26.9. The second-order valence-electron chi connectivity index (χ2n) is 4.45. The van der Waals surface area contributed by atoms with E-state index in [1.165, 1.54) is 0 Å². The molecule has 6 nitrogen and oxygen atoms in total. The molecule has 0 N–H and O–H groups in total. The molecule has 0 radical (unpaired) electrons. The molecule has 0 spiro atoms. The lowest BCUT2D eigenvalue weighted by Crippen LogP contribution is -1.99. The van der Waals surface area contributed by atoms with Gasteiger partial charge in [-0.05, 0) is 21.9 Å². The van der Waals surface area contributed by atoms with Gasteiger partial charge in [0, 0.05) is 10.8 Å². The molecule has 21 heavy (non-hydrogen) atoms. The van der Waals surface area contributed by atoms with Gasteiger partial charge >= 0.3 is 0 Å². The Labute approximate surface area is 135 Å². The Kier molecular flexibility index (Phi) is 3.00. The number of fused-ring (bicyclic) bond motifs is 6. The Bertz CT molecular complexity index is 953. The van der Waals surface area contributed by atoms with E-state index in [1.54, 1.807) is 0 Å². The van der Waals surface area contributed by atoms with Crippen LogP contribution in [0.4, 0.5) is 0 Å². The van der Waals surface area contributed by atoms with Gasteiger partial charge in [0.05, 0.1) is 5.69 Å². The van der Waals surface area contributed by atoms with Crippen LogP contribution in [0, 0.1) is 0 Å². The third-order valence-corrected chi connectivity index (χ3v) is 4.22. The number of hydrogen-bond acceptors (Lipinski definition) is 6. The number of benzene rings is 2. The maximum absolute atomic E-state index is 4.30. The van der Waals surface area contributed by atoms with Gasteiger partial charge in [-0.25, -0.2) is 0 Å². The quantitative estimate of drug-likeness (QED) is 0.357. The van der Waals surface area contributed by atoms with Crippen LogP contribution in [0.3, 0.4) is 0 Å². The Morgan fingerprint density at radius 1 is 0.714 bits per heavy atom. The third-order valence-electron chi connectivity index (χ3n) is 3.29. The zero-order valence-electron chi connectivity index (χ0n) is 10.4. The summed E-state index contributed by atoms with van der Waals surface area (Å²) in [7, 11) is 0. The van der Waals surface area contributed by atoms with Gasteiger partial charge in [0.1, 0.15) is 20.3 Å². The van der Waals surface area contributed by atoms with Gasteiger partial charge in [0.15, 0.2) is 0 Å². The highest BCUT2D eigenvalue weighted by molar-refractivity contribution is 9.24. The minimum absolute atomic E-state index is 0.0574. The van der Waals surface area contributed by atoms with E-state index in [-0.39, 0.29) is 3.74 Å². The second kappa shape index (κ2) is 4.88. The van der Waals surface area contributed by atoms with Crippen LogP contribution >= 0.6 is 31.9 Å². The Morgan fingerprint density at radius 3 is 2.14 bits per heavy atom. The van der Waals surface area contributed by atoms with Crippen molar-refractivity contribution >= 4 is 64.6 Å². The van der Waals surface area contributed by atoms with Crippen molar-refractivity contribution in [2.24, 2.45) is 0 Å². The molecule has 0 aliphatic heterocycles. The van der Waals surface area contributed by atoms with Crippen molar-refractivity contribution in [1.29, 1.82) is 0 Å². The highest BCUT2D eigenvalue weighted by Gasteiger charge is 2.15. The molecule has 0 saturated carbocycles. The molecule has 0 aliphatic carbocycles. The monoisotopic (exact) mass is 404 g/mol. The summed E-state index contributed by atoms with van der Waals surface area (Å²) >= 11 is 6.89. The first-order valence-corrected chi connectivity index (χ1v) is 7.91. The normalized spacial score (nSPS) is 11.8. The van der Waals surface area contributed by atoms with Crippen molar-refractivity contribution in [3.05, 3.63) is 36.0 Å². The lowest BCUT2D eigenvalue weighted by Gasteiger charge is -2.08. The smallest absolute Gasteiger partial charge is 0.144 e. The van der Waals surface area contributed by atoms with Gasteiger partial charge in [-0.1, -0.05) is 56.1 Å². The summed E-state index contributed by atoms with van der Waals surface area (Å²) in [5.41, 5.74) is 2.76. The molecule has 0 unspecified atom stereocenters. The summed E-state index contributed by atoms with van der Waals surface area (Å²) in [5.74, 6) is 0. The van der Waals surface area contributed by atoms with Crippen molar-refractivity contribution < 1.29 is 0 Å². The Balaban J connectivity index is 2.30. The van der Waals surface area contributed by atoms with Crippen molar-refractivity contribution in [2.45, 2.75) is 3.74 Å². The van der Waals surface area contributed by atoms with Crippen LogP contribution in [0.15, 0.2) is 30.3 Å². The van der Waals surface area contributed by atoms with E-state index in [4.69, 9.17) is 0 Å². The van der Waals surface area contributed by atoms with Gasteiger partial charge in [0.2, 0.25) is 0 Å². The van der Waals surface area contributed by atoms with Gasteiger partial charge < -0.3 is 0 Å². The minimum Gasteiger partial charge on any atom is -0.153 e. The zero-order chi connectivity index (χ0) is 14.4. The fraction of sp³-hybridized carbons (Fsp3) is 0.0769. The van der Waals surface area contributed by atoms with Crippen LogP contribution in [-0.4, -0.2) is 30.8 Å². The van der Waals surface area contributed by atoms with Crippen molar-refractivity contribution in [3.8, 4) is 0 Å². The molecule has 0 atom stereocenters. The molecule has 102 valence electrons. The molecule has 0 aliphatic rings. The van der Waals surface area contributed by atoms with Gasteiger partial charge in [-0.15, -0.1) is 15.3 Å². The summed E-state index contributed by atoms with van der Waals surface area (Å²) in [6.07, 6.45) is 0. The van der Waals surface area contributed by atoms with Crippen molar-refractivity contribution in [3.63, 3.8) is 0 Å². The van der Waals surface area contributed by atoms with Crippen LogP contribution in [0.2, 0.25) is 0 Å². The average Bonchev–Trinajstić information content (AvgIpc) is 2.54. The van der Waals surface area contributed by atoms with Gasteiger partial charge in [0.25, 0.3) is 0 Å². The van der Waals surface area contributed by atoms with Crippen LogP contribution in [0.5, 0.6) is 0 Å². The lowest BCUT2D eigenvalue weighted by atomic mass is 10.0. The standard InChI is InChI=1S/C13H6Br2N6/c14-13(15)9-5-8-6-3-1-2-4-7(6)10-12(11(8)17-16-9)19-21-20-18-10/h1-5,13H. The molecule has 0 saturated heterocycles. The van der Waals surface area contributed by atoms with E-state index in [2.05, 4.69) is 62.7 Å². The number of hydrogen-bond donors (Lipinski definition) is 0. The Hall–Kier alpha value is -1.80. The van der Waals surface area contributed by atoms with Crippen LogP contribution in [-0.2, 0) is 0 Å². The molecule has 0 bridgehead atoms. The number of nitrogens with zero attached hydrogens (tertiary/aromatic N) is 6. The summed E-state index contributed by atoms with van der Waals surface area (Å²) in [6.45, 7) is 0. The highest BCUT2D eigenvalue weighted by atomic mass is 79.9. The average molecular weight is 406 g/mol. The summed E-state index contributed by atoms with van der Waals surface area (Å²) in [6, 6.07) is 9.95. The minimum atomic E-state index is -0.0574. The fourth-order valence-electron chi connectivity index (χ4n) is 2.38. The molecule has 0 fully saturated rings. The molecule has 2 aromatic heterocycles. The van der Waals surface area contributed by atoms with Crippen molar-refractivity contribution in [1.82, 2.24) is 30.8 Å². The van der Waals surface area contributed by atoms with E-state index in [9.17, 15) is 0 Å². The SMILES string of the molecule is BrC(Br)c1cc2c3ccccc3c3nnnnc3c2nn1. The molecule has 2 heterocycles. The molecule has 0 amide bonds. The molecular weight excluding hydrogens is 400 g/mol. The maximum atomic E-state index is 4.30. The molecule has 2 aromatic carbocycles. The number of halogens is 2. The second-order valence-corrected chi connectivity index (χ2v) is 7.51. The maximum Gasteiger partial charge on any atom is 0.144 e. The van der Waals surface area contributed by atoms with E-state index < -0.39 is 0 Å². The summed E-state index contributed by atoms with van der Waals surface area (Å²) < 4.78 is -0.0574. The van der Waals surface area contributed by atoms with E-state index in [0.29, 0.717) is 16.6 Å². The van der Waals surface area contributed by atoms with Gasteiger partial charge in [-0.3, -0.25) is 0 Å². The number of aromatic nitrogens is 6. The molecule has 4 rings (SSSR count). The first kappa shape index (κ1) is 12.9. The van der Waals surface area contributed by atoms with Crippen molar-refractivity contribution in [2.75, 3.05) is 0 Å². The van der Waals surface area contributed by atoms with Gasteiger partial charge in [-0.2, -0.15) is 5.10 Å². The topological polar surface area (TPSA) is 77.3 Å². The number of rotatable bonds is 1. The highest BCUT2D eigenvalue weighted by Crippen LogP contribution is 2.34. The van der Waals surface area contributed by atoms with E-state index in [0.717, 1.165) is 21.9 Å². The van der Waals surface area contributed by atoms with Crippen LogP contribution < -0.4 is 0 Å². The van der Waals surface area contributed by atoms with Crippen LogP contribution in [0.25, 0.3) is 32.7 Å². The fourth-order valence-corrected chi connectivity index (χ4v) is 2.83. The van der Waals surface area contributed by atoms with E-state index >= 15 is 0 Å². The zero-order valence-corrected chi connectivity index (χ0v) is 13.6. The molecule has 4 aromatic rings. The predicted octanol–water partition coefficient (Wildman–Crippen LogP) is 3.30. The molecule has 8 heteroatoms. The molecular formula is C13H6Br2N6. The largest absolute Gasteiger partial charge is 0.153 e. The lowest BCUT2D eigenvalue weighted by molar-refractivity contribution is 0.799. The first-order valence-electron chi connectivity index (χ1n) is 6.07. The first-order chi connectivity index (χ1) is 10.3. The third kappa shape index (κ3) is 1.97. The summed E-state index contributed by atoms with van der Waals surface area (Å²) in [4.78, 5) is 0. The number of alkyl halides is 2. The Morgan fingerprint density at radius 2 is 1.38 bits per heavy atom. The predicted molar refractivity (Wildman–Crippen MR) is 86.3 cm³/mol. The van der Waals surface area contributed by atoms with Crippen LogP contribution in [0.1, 0.15) is 9.43 Å².